The summed E-state index contributed by atoms with van der Waals surface area (Å²) in [6, 6.07) is 0. The maximum absolute atomic E-state index is 13.8. The van der Waals surface area contributed by atoms with Crippen LogP contribution in [-0.2, 0) is 23.8 Å². The minimum atomic E-state index is -0.504. The number of hydrogen-bond donors (Lipinski definition) is 1. The highest BCUT2D eigenvalue weighted by atomic mass is 79.9. The summed E-state index contributed by atoms with van der Waals surface area (Å²) in [4.78, 5) is 25.2. The third kappa shape index (κ3) is 6.03. The highest BCUT2D eigenvalue weighted by Crippen LogP contribution is 2.74. The Balaban J connectivity index is 1.83. The van der Waals surface area contributed by atoms with E-state index in [1.165, 1.54) is 19.8 Å². The van der Waals surface area contributed by atoms with E-state index in [1.807, 2.05) is 20.8 Å². The largest absolute Gasteiger partial charge is 0.491 e. The van der Waals surface area contributed by atoms with Gasteiger partial charge in [0.1, 0.15) is 6.10 Å². The summed E-state index contributed by atoms with van der Waals surface area (Å²) < 4.78 is 18.0. The second-order valence-corrected chi connectivity index (χ2v) is 16.2. The molecule has 43 heavy (non-hydrogen) atoms. The van der Waals surface area contributed by atoms with Gasteiger partial charge in [-0.1, -0.05) is 62.7 Å². The Bertz CT molecular complexity index is 1180. The number of rotatable bonds is 8. The Hall–Kier alpha value is -1.60. The van der Waals surface area contributed by atoms with E-state index in [0.717, 1.165) is 34.9 Å². The van der Waals surface area contributed by atoms with Crippen molar-refractivity contribution in [3.63, 3.8) is 0 Å². The average Bonchev–Trinajstić information content (AvgIpc) is 3.17. The fraction of sp³-hybridized carbons (Fsp3) is 0.778. The third-order valence-corrected chi connectivity index (χ3v) is 13.9. The van der Waals surface area contributed by atoms with E-state index in [1.54, 1.807) is 0 Å². The summed E-state index contributed by atoms with van der Waals surface area (Å²) >= 11 is 3.70. The fourth-order valence-electron chi connectivity index (χ4n) is 10.3. The van der Waals surface area contributed by atoms with Crippen LogP contribution in [0.4, 0.5) is 0 Å². The van der Waals surface area contributed by atoms with Gasteiger partial charge in [-0.05, 0) is 128 Å². The van der Waals surface area contributed by atoms with Gasteiger partial charge in [-0.2, -0.15) is 0 Å². The van der Waals surface area contributed by atoms with Crippen LogP contribution in [0.3, 0.4) is 0 Å². The lowest BCUT2D eigenvalue weighted by molar-refractivity contribution is -0.229. The smallest absolute Gasteiger partial charge is 0.336 e. The van der Waals surface area contributed by atoms with Crippen molar-refractivity contribution >= 4 is 27.9 Å². The topological polar surface area (TPSA) is 82.1 Å². The molecule has 4 aliphatic rings. The minimum absolute atomic E-state index is 0.0464. The van der Waals surface area contributed by atoms with Gasteiger partial charge < -0.3 is 19.3 Å². The van der Waals surface area contributed by atoms with Gasteiger partial charge in [0, 0.05) is 12.5 Å². The first-order chi connectivity index (χ1) is 20.0. The Kier molecular flexibility index (Phi) is 10.1. The second-order valence-electron chi connectivity index (χ2n) is 15.2. The van der Waals surface area contributed by atoms with Crippen molar-refractivity contribution in [1.82, 2.24) is 0 Å². The molecule has 4 aliphatic carbocycles. The van der Waals surface area contributed by atoms with Gasteiger partial charge in [0.2, 0.25) is 6.79 Å². The quantitative estimate of drug-likeness (QED) is 0.121. The van der Waals surface area contributed by atoms with Crippen molar-refractivity contribution in [2.75, 3.05) is 6.79 Å². The van der Waals surface area contributed by atoms with E-state index < -0.39 is 24.8 Å². The Morgan fingerprint density at radius 3 is 2.28 bits per heavy atom. The number of allylic oxidation sites excluding steroid dienone is 3. The van der Waals surface area contributed by atoms with E-state index in [-0.39, 0.29) is 34.2 Å². The lowest BCUT2D eigenvalue weighted by atomic mass is 9.36. The molecule has 242 valence electrons. The maximum atomic E-state index is 13.8. The molecule has 0 radical (unpaired) electrons. The van der Waals surface area contributed by atoms with Crippen LogP contribution < -0.4 is 0 Å². The third-order valence-electron chi connectivity index (χ3n) is 12.7. The first-order valence-electron chi connectivity index (χ1n) is 16.3. The van der Waals surface area contributed by atoms with Crippen molar-refractivity contribution in [1.29, 1.82) is 0 Å². The summed E-state index contributed by atoms with van der Waals surface area (Å²) in [6.45, 7) is 23.0. The molecule has 0 aliphatic heterocycles. The summed E-state index contributed by atoms with van der Waals surface area (Å²) in [5.74, 6) is 1.71. The molecule has 0 aromatic heterocycles. The van der Waals surface area contributed by atoms with Crippen molar-refractivity contribution in [2.45, 2.75) is 126 Å². The summed E-state index contributed by atoms with van der Waals surface area (Å²) in [5.41, 5.74) is 2.40. The van der Waals surface area contributed by atoms with Crippen LogP contribution in [0.5, 0.6) is 0 Å². The number of carbonyl (C=O) groups excluding carboxylic acids is 2. The molecule has 0 spiro atoms. The highest BCUT2D eigenvalue weighted by molar-refractivity contribution is 9.11. The summed E-state index contributed by atoms with van der Waals surface area (Å²) in [6.07, 6.45) is 6.21. The van der Waals surface area contributed by atoms with Crippen molar-refractivity contribution in [3.8, 4) is 0 Å². The van der Waals surface area contributed by atoms with Crippen LogP contribution in [-0.4, -0.2) is 36.0 Å². The zero-order chi connectivity index (χ0) is 32.1. The van der Waals surface area contributed by atoms with Gasteiger partial charge in [0.25, 0.3) is 0 Å². The van der Waals surface area contributed by atoms with Gasteiger partial charge in [0.05, 0.1) is 11.9 Å². The normalized spacial score (nSPS) is 41.2. The van der Waals surface area contributed by atoms with Crippen molar-refractivity contribution < 1.29 is 28.9 Å². The van der Waals surface area contributed by atoms with Crippen LogP contribution in [0, 0.1) is 45.8 Å². The van der Waals surface area contributed by atoms with E-state index >= 15 is 0 Å². The van der Waals surface area contributed by atoms with E-state index in [2.05, 4.69) is 57.1 Å². The number of aliphatic hydroxyl groups is 1. The molecule has 0 aromatic rings. The molecule has 4 fully saturated rings. The number of halogens is 1. The van der Waals surface area contributed by atoms with E-state index in [9.17, 15) is 14.7 Å². The van der Waals surface area contributed by atoms with E-state index in [4.69, 9.17) is 14.2 Å². The average molecular weight is 664 g/mol. The standard InChI is InChI=1S/C36H55BrO6/c1-20(2)28(37)12-11-25(33(40)42-19-41-24(7)38)31-27-17-29(39)32-34(8)15-13-22(5)23(6)26(34)14-16-35(32,9)36(27,10)18-30(31)43-21(3)4/h22-23,26-27,29-30,32,39H,3,11-19H2,1-2,4-10H3/b31-25-/t22-,23+,26+,27+,29-,30?,32+,34+,35+,36+/m1/s1. The van der Waals surface area contributed by atoms with Crippen LogP contribution in [0.15, 0.2) is 33.5 Å². The van der Waals surface area contributed by atoms with Crippen molar-refractivity contribution in [2.24, 2.45) is 45.8 Å². The minimum Gasteiger partial charge on any atom is -0.491 e. The maximum Gasteiger partial charge on any atom is 0.336 e. The van der Waals surface area contributed by atoms with E-state index in [0.29, 0.717) is 48.3 Å². The predicted molar refractivity (Wildman–Crippen MR) is 173 cm³/mol. The molecule has 10 atom stereocenters. The Labute approximate surface area is 268 Å². The molecule has 0 heterocycles. The first kappa shape index (κ1) is 34.3. The van der Waals surface area contributed by atoms with Gasteiger partial charge in [-0.3, -0.25) is 4.79 Å². The van der Waals surface area contributed by atoms with Crippen LogP contribution >= 0.6 is 15.9 Å². The van der Waals surface area contributed by atoms with Crippen molar-refractivity contribution in [3.05, 3.63) is 33.5 Å². The molecule has 7 heteroatoms. The molecular formula is C36H55BrO6. The van der Waals surface area contributed by atoms with Gasteiger partial charge in [0.15, 0.2) is 0 Å². The molecule has 0 amide bonds. The zero-order valence-electron chi connectivity index (χ0n) is 28.0. The molecule has 0 saturated heterocycles. The van der Waals surface area contributed by atoms with Gasteiger partial charge in [-0.15, -0.1) is 0 Å². The van der Waals surface area contributed by atoms with Crippen LogP contribution in [0.25, 0.3) is 0 Å². The lowest BCUT2D eigenvalue weighted by Crippen LogP contribution is -2.65. The van der Waals surface area contributed by atoms with Crippen LogP contribution in [0.2, 0.25) is 0 Å². The number of carbonyl (C=O) groups is 2. The Morgan fingerprint density at radius 2 is 1.67 bits per heavy atom. The SMILES string of the molecule is C=C(C)OC1C[C@@]2(C)[C@@H](C[C@@H](O)[C@H]3[C@@]4(C)CC[C@@H](C)[C@H](C)[C@@H]4CC[C@@]32C)/C1=C(\CCC(Br)=C(C)C)C(=O)OCOC(C)=O. The monoisotopic (exact) mass is 662 g/mol. The summed E-state index contributed by atoms with van der Waals surface area (Å²) in [7, 11) is 0. The highest BCUT2D eigenvalue weighted by Gasteiger charge is 2.70. The number of esters is 2. The second kappa shape index (κ2) is 12.7. The number of fused-ring (bicyclic) bond motifs is 5. The molecular weight excluding hydrogens is 608 g/mol. The predicted octanol–water partition coefficient (Wildman–Crippen LogP) is 8.63. The number of ether oxygens (including phenoxy) is 3. The lowest BCUT2D eigenvalue weighted by Gasteiger charge is -2.69. The van der Waals surface area contributed by atoms with Gasteiger partial charge >= 0.3 is 11.9 Å². The molecule has 0 bridgehead atoms. The molecule has 1 unspecified atom stereocenters. The first-order valence-corrected chi connectivity index (χ1v) is 17.1. The molecule has 4 rings (SSSR count). The molecule has 4 saturated carbocycles. The molecule has 6 nitrogen and oxygen atoms in total. The number of aliphatic hydroxyl groups excluding tert-OH is 1. The fourth-order valence-corrected chi connectivity index (χ4v) is 10.5. The zero-order valence-corrected chi connectivity index (χ0v) is 29.6. The number of hydrogen-bond acceptors (Lipinski definition) is 6. The molecule has 0 aromatic carbocycles. The van der Waals surface area contributed by atoms with Gasteiger partial charge in [-0.25, -0.2) is 4.79 Å². The molecule has 1 N–H and O–H groups in total. The van der Waals surface area contributed by atoms with Crippen LogP contribution in [0.1, 0.15) is 114 Å². The summed E-state index contributed by atoms with van der Waals surface area (Å²) in [5, 5.41) is 12.2. The Morgan fingerprint density at radius 1 is 1.00 bits per heavy atom.